The molecule has 0 N–H and O–H groups in total. The Kier molecular flexibility index (Phi) is 4.17. The first kappa shape index (κ1) is 14.2. The molecule has 1 atom stereocenters. The summed E-state index contributed by atoms with van der Waals surface area (Å²) in [7, 11) is 2.70. The molecule has 1 aromatic rings. The maximum absolute atomic E-state index is 12.4. The van der Waals surface area contributed by atoms with Gasteiger partial charge in [0.15, 0.2) is 5.78 Å². The first-order chi connectivity index (χ1) is 9.58. The third-order valence-electron chi connectivity index (χ3n) is 3.54. The minimum atomic E-state index is -0.958. The van der Waals surface area contributed by atoms with Crippen molar-refractivity contribution in [2.75, 3.05) is 14.2 Å². The third kappa shape index (κ3) is 2.57. The molecule has 0 bridgehead atoms. The predicted octanol–water partition coefficient (Wildman–Crippen LogP) is 1.57. The average Bonchev–Trinajstić information content (AvgIpc) is 2.64. The first-order valence-electron chi connectivity index (χ1n) is 6.41. The van der Waals surface area contributed by atoms with Crippen LogP contribution in [-0.2, 0) is 20.7 Å². The summed E-state index contributed by atoms with van der Waals surface area (Å²) in [4.78, 5) is 35.7. The lowest BCUT2D eigenvalue weighted by molar-refractivity contribution is -0.152. The Labute approximate surface area is 116 Å². The van der Waals surface area contributed by atoms with E-state index in [1.54, 1.807) is 25.3 Å². The zero-order valence-electron chi connectivity index (χ0n) is 11.5. The molecule has 0 saturated carbocycles. The van der Waals surface area contributed by atoms with Crippen molar-refractivity contribution in [3.05, 3.63) is 29.3 Å². The van der Waals surface area contributed by atoms with E-state index in [9.17, 15) is 14.4 Å². The maximum atomic E-state index is 12.4. The van der Waals surface area contributed by atoms with E-state index in [-0.39, 0.29) is 5.78 Å². The quantitative estimate of drug-likeness (QED) is 0.363. The van der Waals surface area contributed by atoms with E-state index < -0.39 is 17.7 Å². The second-order valence-corrected chi connectivity index (χ2v) is 4.69. The highest BCUT2D eigenvalue weighted by atomic mass is 16.5. The van der Waals surface area contributed by atoms with Crippen LogP contribution < -0.4 is 4.74 Å². The molecule has 0 aliphatic heterocycles. The van der Waals surface area contributed by atoms with Crippen molar-refractivity contribution in [3.8, 4) is 5.75 Å². The molecule has 106 valence electrons. The highest BCUT2D eigenvalue weighted by Gasteiger charge is 2.35. The molecule has 0 amide bonds. The number of aryl methyl sites for hydroxylation is 1. The Hall–Kier alpha value is -2.17. The molecular weight excluding hydrogens is 260 g/mol. The van der Waals surface area contributed by atoms with Crippen LogP contribution >= 0.6 is 0 Å². The number of carbonyl (C=O) groups is 3. The molecule has 1 aliphatic rings. The molecule has 0 fully saturated rings. The normalized spacial score (nSPS) is 17.9. The average molecular weight is 276 g/mol. The van der Waals surface area contributed by atoms with Gasteiger partial charge in [0.2, 0.25) is 0 Å². The van der Waals surface area contributed by atoms with Crippen LogP contribution in [-0.4, -0.2) is 31.8 Å². The first-order valence-corrected chi connectivity index (χ1v) is 6.41. The van der Waals surface area contributed by atoms with Crippen LogP contribution in [0.5, 0.6) is 5.75 Å². The van der Waals surface area contributed by atoms with Gasteiger partial charge in [-0.25, -0.2) is 4.79 Å². The molecule has 0 radical (unpaired) electrons. The molecular formula is C15H16O5. The molecule has 2 rings (SSSR count). The lowest BCUT2D eigenvalue weighted by Gasteiger charge is -2.11. The maximum Gasteiger partial charge on any atom is 0.375 e. The summed E-state index contributed by atoms with van der Waals surface area (Å²) < 4.78 is 9.55. The lowest BCUT2D eigenvalue weighted by Crippen LogP contribution is -2.30. The Balaban J connectivity index is 2.35. The number of Topliss-reactive ketones (excluding diaryl/α,β-unsaturated/α-hetero) is 2. The fraction of sp³-hybridized carbons (Fsp3) is 0.400. The number of carbonyl (C=O) groups excluding carboxylic acids is 3. The Bertz CT molecular complexity index is 561. The van der Waals surface area contributed by atoms with Gasteiger partial charge in [-0.15, -0.1) is 0 Å². The molecule has 5 nitrogen and oxygen atoms in total. The van der Waals surface area contributed by atoms with Crippen molar-refractivity contribution in [3.63, 3.8) is 0 Å². The number of hydrogen-bond acceptors (Lipinski definition) is 5. The van der Waals surface area contributed by atoms with Gasteiger partial charge in [-0.3, -0.25) is 9.59 Å². The van der Waals surface area contributed by atoms with Crippen molar-refractivity contribution in [2.24, 2.45) is 5.92 Å². The van der Waals surface area contributed by atoms with E-state index in [0.717, 1.165) is 12.7 Å². The number of ketones is 2. The van der Waals surface area contributed by atoms with Crippen molar-refractivity contribution in [2.45, 2.75) is 19.3 Å². The van der Waals surface area contributed by atoms with E-state index in [4.69, 9.17) is 4.74 Å². The second-order valence-electron chi connectivity index (χ2n) is 4.69. The number of esters is 1. The zero-order valence-corrected chi connectivity index (χ0v) is 11.5. The van der Waals surface area contributed by atoms with Crippen LogP contribution in [0.15, 0.2) is 18.2 Å². The van der Waals surface area contributed by atoms with Crippen LogP contribution in [0.3, 0.4) is 0 Å². The molecule has 0 spiro atoms. The standard InChI is InChI=1S/C15H16O5/c1-19-10-6-7-11-9(8-10)4-3-5-12(13(11)16)14(17)15(18)20-2/h6-8,12H,3-5H2,1-2H3. The Morgan fingerprint density at radius 1 is 1.25 bits per heavy atom. The van der Waals surface area contributed by atoms with Crippen LogP contribution in [0.1, 0.15) is 28.8 Å². The van der Waals surface area contributed by atoms with Crippen molar-refractivity contribution in [1.82, 2.24) is 0 Å². The Morgan fingerprint density at radius 2 is 2.00 bits per heavy atom. The number of hydrogen-bond donors (Lipinski definition) is 0. The van der Waals surface area contributed by atoms with Crippen molar-refractivity contribution >= 4 is 17.5 Å². The molecule has 5 heteroatoms. The fourth-order valence-corrected chi connectivity index (χ4v) is 2.45. The smallest absolute Gasteiger partial charge is 0.375 e. The molecule has 1 aliphatic carbocycles. The van der Waals surface area contributed by atoms with Gasteiger partial charge in [0, 0.05) is 5.56 Å². The van der Waals surface area contributed by atoms with Gasteiger partial charge in [0.1, 0.15) is 5.75 Å². The largest absolute Gasteiger partial charge is 0.497 e. The molecule has 1 unspecified atom stereocenters. The SMILES string of the molecule is COC(=O)C(=O)C1CCCc2cc(OC)ccc2C1=O. The van der Waals surface area contributed by atoms with E-state index >= 15 is 0 Å². The van der Waals surface area contributed by atoms with Gasteiger partial charge in [0.05, 0.1) is 20.1 Å². The fourth-order valence-electron chi connectivity index (χ4n) is 2.45. The van der Waals surface area contributed by atoms with Crippen LogP contribution in [0, 0.1) is 5.92 Å². The minimum absolute atomic E-state index is 0.310. The summed E-state index contributed by atoms with van der Waals surface area (Å²) in [5, 5.41) is 0. The summed E-state index contributed by atoms with van der Waals surface area (Å²) in [6.45, 7) is 0. The molecule has 0 aromatic heterocycles. The number of fused-ring (bicyclic) bond motifs is 1. The number of rotatable bonds is 3. The monoisotopic (exact) mass is 276 g/mol. The zero-order chi connectivity index (χ0) is 14.7. The van der Waals surface area contributed by atoms with E-state index in [2.05, 4.69) is 4.74 Å². The van der Waals surface area contributed by atoms with Gasteiger partial charge in [0.25, 0.3) is 5.78 Å². The second kappa shape index (κ2) is 5.86. The van der Waals surface area contributed by atoms with Gasteiger partial charge in [-0.05, 0) is 43.0 Å². The summed E-state index contributed by atoms with van der Waals surface area (Å²) >= 11 is 0. The van der Waals surface area contributed by atoms with Gasteiger partial charge >= 0.3 is 5.97 Å². The Morgan fingerprint density at radius 3 is 2.65 bits per heavy atom. The van der Waals surface area contributed by atoms with Gasteiger partial charge in [-0.1, -0.05) is 0 Å². The molecule has 0 saturated heterocycles. The number of ether oxygens (including phenoxy) is 2. The number of methoxy groups -OCH3 is 2. The third-order valence-corrected chi connectivity index (χ3v) is 3.54. The van der Waals surface area contributed by atoms with Crippen LogP contribution in [0.2, 0.25) is 0 Å². The van der Waals surface area contributed by atoms with Crippen molar-refractivity contribution in [1.29, 1.82) is 0 Å². The number of benzene rings is 1. The topological polar surface area (TPSA) is 69.7 Å². The van der Waals surface area contributed by atoms with E-state index in [0.29, 0.717) is 30.6 Å². The predicted molar refractivity (Wildman–Crippen MR) is 70.8 cm³/mol. The summed E-state index contributed by atoms with van der Waals surface area (Å²) in [6.07, 6.45) is 1.71. The van der Waals surface area contributed by atoms with E-state index in [1.807, 2.05) is 0 Å². The molecule has 0 heterocycles. The van der Waals surface area contributed by atoms with Crippen LogP contribution in [0.25, 0.3) is 0 Å². The highest BCUT2D eigenvalue weighted by molar-refractivity contribution is 6.39. The van der Waals surface area contributed by atoms with Gasteiger partial charge < -0.3 is 9.47 Å². The lowest BCUT2D eigenvalue weighted by atomic mass is 9.91. The summed E-state index contributed by atoms with van der Waals surface area (Å²) in [5.74, 6) is -2.29. The highest BCUT2D eigenvalue weighted by Crippen LogP contribution is 2.28. The van der Waals surface area contributed by atoms with Gasteiger partial charge in [-0.2, -0.15) is 0 Å². The summed E-state index contributed by atoms with van der Waals surface area (Å²) in [5.41, 5.74) is 1.35. The van der Waals surface area contributed by atoms with Crippen molar-refractivity contribution < 1.29 is 23.9 Å². The molecule has 1 aromatic carbocycles. The van der Waals surface area contributed by atoms with Crippen LogP contribution in [0.4, 0.5) is 0 Å². The minimum Gasteiger partial charge on any atom is -0.497 e. The van der Waals surface area contributed by atoms with E-state index in [1.165, 1.54) is 0 Å². The molecule has 20 heavy (non-hydrogen) atoms. The summed E-state index contributed by atoms with van der Waals surface area (Å²) in [6, 6.07) is 5.14.